The molecule has 0 aliphatic carbocycles. The zero-order valence-electron chi connectivity index (χ0n) is 23.0. The van der Waals surface area contributed by atoms with Crippen LogP contribution in [0.1, 0.15) is 64.9 Å². The third-order valence-electron chi connectivity index (χ3n) is 8.42. The molecular formula is C32H38N4O2. The zero-order chi connectivity index (χ0) is 26.4. The smallest absolute Gasteiger partial charge is 0.255 e. The van der Waals surface area contributed by atoms with Crippen LogP contribution in [0.5, 0.6) is 11.5 Å². The molecule has 0 radical (unpaired) electrons. The number of likely N-dealkylation sites (tertiary alicyclic amines) is 1. The average molecular weight is 511 g/mol. The maximum Gasteiger partial charge on any atom is 0.255 e. The topological polar surface area (TPSA) is 56.8 Å². The van der Waals surface area contributed by atoms with Crippen LogP contribution in [0.2, 0.25) is 0 Å². The first-order chi connectivity index (χ1) is 18.5. The quantitative estimate of drug-likeness (QED) is 0.401. The number of carbonyl (C=O) groups excluding carboxylic acids is 1. The van der Waals surface area contributed by atoms with Gasteiger partial charge in [0, 0.05) is 66.4 Å². The molecule has 1 fully saturated rings. The SMILES string of the molecule is CCNc1cc2c(cc1C)C1(c3cc(C)c(NCC)cc3O2)c2ccccc2C(=O)N1CCN1CCCC1. The first kappa shape index (κ1) is 24.8. The summed E-state index contributed by atoms with van der Waals surface area (Å²) in [4.78, 5) is 18.9. The summed E-state index contributed by atoms with van der Waals surface area (Å²) in [6.07, 6.45) is 2.47. The van der Waals surface area contributed by atoms with Gasteiger partial charge in [-0.3, -0.25) is 4.79 Å². The molecule has 0 unspecified atom stereocenters. The van der Waals surface area contributed by atoms with Gasteiger partial charge >= 0.3 is 0 Å². The Morgan fingerprint density at radius 1 is 0.816 bits per heavy atom. The molecular weight excluding hydrogens is 472 g/mol. The molecule has 1 spiro atoms. The lowest BCUT2D eigenvalue weighted by Crippen LogP contribution is -2.50. The Hall–Kier alpha value is -3.51. The minimum absolute atomic E-state index is 0.0976. The molecule has 6 nitrogen and oxygen atoms in total. The maximum atomic E-state index is 14.2. The standard InChI is InChI=1S/C32H38N4O2/c1-5-33-27-19-29-25(17-21(27)3)32(26-18-22(4)28(34-6-2)20-30(26)38-29)24-12-8-7-11-23(24)31(37)36(32)16-15-35-13-9-10-14-35/h7-8,11-12,17-20,33-34H,5-6,9-10,13-16H2,1-4H3. The van der Waals surface area contributed by atoms with E-state index in [2.05, 4.69) is 84.5 Å². The van der Waals surface area contributed by atoms with E-state index < -0.39 is 5.54 Å². The van der Waals surface area contributed by atoms with Crippen LogP contribution in [-0.2, 0) is 5.54 Å². The van der Waals surface area contributed by atoms with E-state index in [0.29, 0.717) is 6.54 Å². The number of rotatable bonds is 7. The van der Waals surface area contributed by atoms with E-state index in [9.17, 15) is 4.79 Å². The van der Waals surface area contributed by atoms with Gasteiger partial charge in [0.05, 0.1) is 0 Å². The van der Waals surface area contributed by atoms with Gasteiger partial charge in [0.1, 0.15) is 17.0 Å². The summed E-state index contributed by atoms with van der Waals surface area (Å²) in [7, 11) is 0. The van der Waals surface area contributed by atoms with Gasteiger partial charge in [-0.05, 0) is 88.5 Å². The second kappa shape index (κ2) is 9.66. The molecule has 3 aromatic rings. The highest BCUT2D eigenvalue weighted by Gasteiger charge is 2.56. The molecule has 0 aromatic heterocycles. The molecule has 38 heavy (non-hydrogen) atoms. The minimum atomic E-state index is -0.749. The first-order valence-electron chi connectivity index (χ1n) is 14.1. The zero-order valence-corrected chi connectivity index (χ0v) is 23.0. The summed E-state index contributed by atoms with van der Waals surface area (Å²) < 4.78 is 6.70. The Bertz CT molecular complexity index is 1330. The predicted octanol–water partition coefficient (Wildman–Crippen LogP) is 6.12. The third kappa shape index (κ3) is 3.69. The lowest BCUT2D eigenvalue weighted by Gasteiger charge is -2.45. The highest BCUT2D eigenvalue weighted by molar-refractivity contribution is 6.02. The second-order valence-corrected chi connectivity index (χ2v) is 10.8. The van der Waals surface area contributed by atoms with Gasteiger partial charge in [-0.25, -0.2) is 0 Å². The molecule has 6 heteroatoms. The highest BCUT2D eigenvalue weighted by atomic mass is 16.5. The van der Waals surface area contributed by atoms with Crippen LogP contribution in [0.4, 0.5) is 11.4 Å². The largest absolute Gasteiger partial charge is 0.456 e. The van der Waals surface area contributed by atoms with Crippen molar-refractivity contribution in [2.45, 2.75) is 46.1 Å². The number of fused-ring (bicyclic) bond motifs is 6. The van der Waals surface area contributed by atoms with E-state index in [4.69, 9.17) is 4.74 Å². The van der Waals surface area contributed by atoms with Gasteiger partial charge in [-0.2, -0.15) is 0 Å². The minimum Gasteiger partial charge on any atom is -0.456 e. The molecule has 1 saturated heterocycles. The second-order valence-electron chi connectivity index (χ2n) is 10.8. The number of hydrogen-bond acceptors (Lipinski definition) is 5. The van der Waals surface area contributed by atoms with Crippen molar-refractivity contribution in [3.8, 4) is 11.5 Å². The molecule has 3 heterocycles. The Labute approximate surface area is 226 Å². The summed E-state index contributed by atoms with van der Waals surface area (Å²) in [6, 6.07) is 16.9. The molecule has 1 amide bonds. The third-order valence-corrected chi connectivity index (χ3v) is 8.42. The summed E-state index contributed by atoms with van der Waals surface area (Å²) in [5.74, 6) is 1.71. The lowest BCUT2D eigenvalue weighted by atomic mass is 9.73. The monoisotopic (exact) mass is 510 g/mol. The predicted molar refractivity (Wildman–Crippen MR) is 154 cm³/mol. The first-order valence-corrected chi connectivity index (χ1v) is 14.1. The normalized spacial score (nSPS) is 17.3. The molecule has 0 bridgehead atoms. The molecule has 6 rings (SSSR count). The van der Waals surface area contributed by atoms with Crippen molar-refractivity contribution in [2.75, 3.05) is 49.9 Å². The van der Waals surface area contributed by atoms with E-state index in [1.54, 1.807) is 0 Å². The molecule has 3 aromatic carbocycles. The van der Waals surface area contributed by atoms with Crippen molar-refractivity contribution < 1.29 is 9.53 Å². The number of aryl methyl sites for hydroxylation is 2. The molecule has 3 aliphatic heterocycles. The number of carbonyl (C=O) groups is 1. The number of anilines is 2. The lowest BCUT2D eigenvalue weighted by molar-refractivity contribution is 0.0642. The van der Waals surface area contributed by atoms with Crippen molar-refractivity contribution in [1.29, 1.82) is 0 Å². The number of nitrogens with one attached hydrogen (secondary N) is 2. The number of nitrogens with zero attached hydrogens (tertiary/aromatic N) is 2. The van der Waals surface area contributed by atoms with Gasteiger partial charge < -0.3 is 25.2 Å². The van der Waals surface area contributed by atoms with Gasteiger partial charge in [0.15, 0.2) is 0 Å². The van der Waals surface area contributed by atoms with Gasteiger partial charge in [-0.1, -0.05) is 18.2 Å². The summed E-state index contributed by atoms with van der Waals surface area (Å²) >= 11 is 0. The number of ether oxygens (including phenoxy) is 1. The Morgan fingerprint density at radius 2 is 1.39 bits per heavy atom. The molecule has 2 N–H and O–H groups in total. The summed E-state index contributed by atoms with van der Waals surface area (Å²) in [5, 5.41) is 6.98. The summed E-state index contributed by atoms with van der Waals surface area (Å²) in [6.45, 7) is 13.9. The molecule has 198 valence electrons. The fourth-order valence-electron chi connectivity index (χ4n) is 6.66. The van der Waals surface area contributed by atoms with E-state index in [1.165, 1.54) is 12.8 Å². The fourth-order valence-corrected chi connectivity index (χ4v) is 6.66. The van der Waals surface area contributed by atoms with Crippen molar-refractivity contribution >= 4 is 17.3 Å². The molecule has 0 atom stereocenters. The fraction of sp³-hybridized carbons (Fsp3) is 0.406. The Balaban J connectivity index is 1.63. The Kier molecular flexibility index (Phi) is 6.31. The average Bonchev–Trinajstić information content (AvgIpc) is 3.51. The van der Waals surface area contributed by atoms with Gasteiger partial charge in [-0.15, -0.1) is 0 Å². The van der Waals surface area contributed by atoms with Crippen LogP contribution in [0.3, 0.4) is 0 Å². The Morgan fingerprint density at radius 3 is 1.97 bits per heavy atom. The number of hydrogen-bond donors (Lipinski definition) is 2. The van der Waals surface area contributed by atoms with E-state index in [1.807, 2.05) is 12.1 Å². The van der Waals surface area contributed by atoms with Gasteiger partial charge in [0.25, 0.3) is 5.91 Å². The number of benzene rings is 3. The van der Waals surface area contributed by atoms with E-state index in [-0.39, 0.29) is 5.91 Å². The van der Waals surface area contributed by atoms with Crippen LogP contribution >= 0.6 is 0 Å². The maximum absolute atomic E-state index is 14.2. The summed E-state index contributed by atoms with van der Waals surface area (Å²) in [5.41, 5.74) is 7.58. The van der Waals surface area contributed by atoms with E-state index >= 15 is 0 Å². The van der Waals surface area contributed by atoms with Gasteiger partial charge in [0.2, 0.25) is 0 Å². The molecule has 0 saturated carbocycles. The van der Waals surface area contributed by atoms with Crippen LogP contribution < -0.4 is 15.4 Å². The van der Waals surface area contributed by atoms with E-state index in [0.717, 1.165) is 89.0 Å². The molecule has 3 aliphatic rings. The van der Waals surface area contributed by atoms with Crippen molar-refractivity contribution in [2.24, 2.45) is 0 Å². The number of amides is 1. The van der Waals surface area contributed by atoms with Crippen LogP contribution in [0, 0.1) is 13.8 Å². The van der Waals surface area contributed by atoms with Crippen LogP contribution in [0.25, 0.3) is 0 Å². The van der Waals surface area contributed by atoms with Crippen molar-refractivity contribution in [3.63, 3.8) is 0 Å². The van der Waals surface area contributed by atoms with Crippen LogP contribution in [-0.4, -0.2) is 55.0 Å². The van der Waals surface area contributed by atoms with Crippen molar-refractivity contribution in [3.05, 3.63) is 81.9 Å². The highest BCUT2D eigenvalue weighted by Crippen LogP contribution is 2.58. The van der Waals surface area contributed by atoms with Crippen LogP contribution in [0.15, 0.2) is 48.5 Å². The van der Waals surface area contributed by atoms with Crippen molar-refractivity contribution in [1.82, 2.24) is 9.80 Å².